The molecule has 0 bridgehead atoms. The van der Waals surface area contributed by atoms with E-state index in [-0.39, 0.29) is 35.2 Å². The minimum absolute atomic E-state index is 0.00399. The van der Waals surface area contributed by atoms with Gasteiger partial charge in [0.25, 0.3) is 5.56 Å². The maximum atomic E-state index is 12.7. The van der Waals surface area contributed by atoms with Crippen LogP contribution in [0.15, 0.2) is 37.4 Å². The number of fused-ring (bicyclic) bond motifs is 1. The second-order valence-electron chi connectivity index (χ2n) is 6.59. The number of carbonyl (C=O) groups is 1. The fraction of sp³-hybridized carbons (Fsp3) is 0.389. The number of hydrogen-bond donors (Lipinski definition) is 1. The van der Waals surface area contributed by atoms with Gasteiger partial charge in [0.05, 0.1) is 18.6 Å². The van der Waals surface area contributed by atoms with Crippen molar-refractivity contribution < 1.29 is 9.21 Å². The van der Waals surface area contributed by atoms with E-state index >= 15 is 0 Å². The van der Waals surface area contributed by atoms with Crippen molar-refractivity contribution in [1.29, 1.82) is 0 Å². The quantitative estimate of drug-likeness (QED) is 0.485. The third kappa shape index (κ3) is 3.86. The molecule has 10 heteroatoms. The highest BCUT2D eigenvalue weighted by molar-refractivity contribution is 8.00. The predicted molar refractivity (Wildman–Crippen MR) is 105 cm³/mol. The Kier molecular flexibility index (Phi) is 5.68. The molecule has 0 spiro atoms. The van der Waals surface area contributed by atoms with Crippen LogP contribution < -0.4 is 16.6 Å². The SMILES string of the molecule is CC(C)c1nc(SCC(=O)NCc2ccco2)c2c(=O)n(C)c(=O)n(C)c2n1. The first-order valence-electron chi connectivity index (χ1n) is 8.69. The molecule has 28 heavy (non-hydrogen) atoms. The molecule has 0 aliphatic rings. The third-order valence-electron chi connectivity index (χ3n) is 4.18. The fourth-order valence-corrected chi connectivity index (χ4v) is 3.44. The summed E-state index contributed by atoms with van der Waals surface area (Å²) in [5.74, 6) is 0.999. The molecule has 3 aromatic heterocycles. The first kappa shape index (κ1) is 19.9. The Morgan fingerprint density at radius 3 is 2.64 bits per heavy atom. The highest BCUT2D eigenvalue weighted by Crippen LogP contribution is 2.24. The van der Waals surface area contributed by atoms with Gasteiger partial charge in [0, 0.05) is 20.0 Å². The zero-order valence-corrected chi connectivity index (χ0v) is 16.9. The first-order chi connectivity index (χ1) is 13.3. The number of rotatable bonds is 6. The molecule has 9 nitrogen and oxygen atoms in total. The largest absolute Gasteiger partial charge is 0.467 e. The van der Waals surface area contributed by atoms with Gasteiger partial charge in [0.2, 0.25) is 5.91 Å². The van der Waals surface area contributed by atoms with Gasteiger partial charge in [-0.25, -0.2) is 14.8 Å². The van der Waals surface area contributed by atoms with Crippen molar-refractivity contribution in [3.63, 3.8) is 0 Å². The molecule has 3 aromatic rings. The van der Waals surface area contributed by atoms with Crippen molar-refractivity contribution in [2.45, 2.75) is 31.3 Å². The van der Waals surface area contributed by atoms with Gasteiger partial charge in [0.15, 0.2) is 5.65 Å². The van der Waals surface area contributed by atoms with Crippen LogP contribution in [0.1, 0.15) is 31.4 Å². The second kappa shape index (κ2) is 8.01. The molecule has 0 aliphatic heterocycles. The molecule has 3 heterocycles. The van der Waals surface area contributed by atoms with Crippen LogP contribution in [0.3, 0.4) is 0 Å². The molecule has 0 unspecified atom stereocenters. The Balaban J connectivity index is 1.93. The van der Waals surface area contributed by atoms with Crippen LogP contribution in [-0.4, -0.2) is 30.8 Å². The third-order valence-corrected chi connectivity index (χ3v) is 5.16. The summed E-state index contributed by atoms with van der Waals surface area (Å²) in [7, 11) is 2.97. The molecule has 148 valence electrons. The van der Waals surface area contributed by atoms with Gasteiger partial charge in [-0.15, -0.1) is 0 Å². The Labute approximate surface area is 164 Å². The molecule has 0 aliphatic carbocycles. The smallest absolute Gasteiger partial charge is 0.332 e. The maximum Gasteiger partial charge on any atom is 0.332 e. The van der Waals surface area contributed by atoms with Crippen molar-refractivity contribution >= 4 is 28.7 Å². The highest BCUT2D eigenvalue weighted by Gasteiger charge is 2.19. The topological polar surface area (TPSA) is 112 Å². The van der Waals surface area contributed by atoms with E-state index in [0.29, 0.717) is 16.6 Å². The lowest BCUT2D eigenvalue weighted by atomic mass is 10.2. The van der Waals surface area contributed by atoms with Crippen molar-refractivity contribution in [2.75, 3.05) is 5.75 Å². The van der Waals surface area contributed by atoms with Crippen LogP contribution in [0.25, 0.3) is 11.0 Å². The average Bonchev–Trinajstić information content (AvgIpc) is 3.20. The monoisotopic (exact) mass is 403 g/mol. The van der Waals surface area contributed by atoms with E-state index in [0.717, 1.165) is 16.3 Å². The number of hydrogen-bond acceptors (Lipinski definition) is 7. The summed E-state index contributed by atoms with van der Waals surface area (Å²) >= 11 is 1.14. The summed E-state index contributed by atoms with van der Waals surface area (Å²) in [4.78, 5) is 46.0. The first-order valence-corrected chi connectivity index (χ1v) is 9.67. The summed E-state index contributed by atoms with van der Waals surface area (Å²) < 4.78 is 7.52. The summed E-state index contributed by atoms with van der Waals surface area (Å²) in [6, 6.07) is 3.52. The summed E-state index contributed by atoms with van der Waals surface area (Å²) in [5, 5.41) is 3.37. The van der Waals surface area contributed by atoms with Gasteiger partial charge in [-0.2, -0.15) is 0 Å². The standard InChI is InChI=1S/C18H21N5O4S/c1-10(2)14-20-15-13(17(25)23(4)18(26)22(15)3)16(21-14)28-9-12(24)19-8-11-6-5-7-27-11/h5-7,10H,8-9H2,1-4H3,(H,19,24). The van der Waals surface area contributed by atoms with E-state index < -0.39 is 11.2 Å². The van der Waals surface area contributed by atoms with Gasteiger partial charge in [-0.3, -0.25) is 18.7 Å². The number of aromatic nitrogens is 4. The van der Waals surface area contributed by atoms with Crippen LogP contribution in [0, 0.1) is 0 Å². The average molecular weight is 403 g/mol. The number of carbonyl (C=O) groups excluding carboxylic acids is 1. The molecule has 1 N–H and O–H groups in total. The number of thioether (sulfide) groups is 1. The van der Waals surface area contributed by atoms with E-state index in [1.54, 1.807) is 19.2 Å². The van der Waals surface area contributed by atoms with Gasteiger partial charge in [-0.05, 0) is 12.1 Å². The Hall–Kier alpha value is -2.88. The van der Waals surface area contributed by atoms with E-state index in [4.69, 9.17) is 4.42 Å². The Morgan fingerprint density at radius 2 is 2.00 bits per heavy atom. The van der Waals surface area contributed by atoms with Crippen LogP contribution in [0.2, 0.25) is 0 Å². The molecule has 3 rings (SSSR count). The summed E-state index contributed by atoms with van der Waals surface area (Å²) in [6.07, 6.45) is 1.54. The highest BCUT2D eigenvalue weighted by atomic mass is 32.2. The Morgan fingerprint density at radius 1 is 1.25 bits per heavy atom. The summed E-state index contributed by atoms with van der Waals surface area (Å²) in [6.45, 7) is 4.13. The number of nitrogens with one attached hydrogen (secondary N) is 1. The van der Waals surface area contributed by atoms with Crippen molar-refractivity contribution in [1.82, 2.24) is 24.4 Å². The number of furan rings is 1. The molecule has 0 aromatic carbocycles. The van der Waals surface area contributed by atoms with E-state index in [9.17, 15) is 14.4 Å². The number of amides is 1. The molecule has 0 saturated carbocycles. The normalized spacial score (nSPS) is 11.3. The van der Waals surface area contributed by atoms with Gasteiger partial charge >= 0.3 is 5.69 Å². The molecule has 1 amide bonds. The summed E-state index contributed by atoms with van der Waals surface area (Å²) in [5.41, 5.74) is -0.671. The van der Waals surface area contributed by atoms with E-state index in [1.807, 2.05) is 13.8 Å². The van der Waals surface area contributed by atoms with Crippen LogP contribution >= 0.6 is 11.8 Å². The zero-order valence-electron chi connectivity index (χ0n) is 16.1. The van der Waals surface area contributed by atoms with Crippen LogP contribution in [0.5, 0.6) is 0 Å². The van der Waals surface area contributed by atoms with E-state index in [2.05, 4.69) is 15.3 Å². The molecule has 0 atom stereocenters. The molecular weight excluding hydrogens is 382 g/mol. The molecular formula is C18H21N5O4S. The van der Waals surface area contributed by atoms with Crippen molar-refractivity contribution in [3.05, 3.63) is 50.8 Å². The van der Waals surface area contributed by atoms with Crippen molar-refractivity contribution in [3.8, 4) is 0 Å². The minimum Gasteiger partial charge on any atom is -0.467 e. The second-order valence-corrected chi connectivity index (χ2v) is 7.55. The minimum atomic E-state index is -0.480. The van der Waals surface area contributed by atoms with Gasteiger partial charge in [-0.1, -0.05) is 25.6 Å². The lowest BCUT2D eigenvalue weighted by molar-refractivity contribution is -0.118. The lowest BCUT2D eigenvalue weighted by Gasteiger charge is -2.13. The number of nitrogens with zero attached hydrogens (tertiary/aromatic N) is 4. The lowest BCUT2D eigenvalue weighted by Crippen LogP contribution is -2.38. The zero-order chi connectivity index (χ0) is 20.4. The molecule has 0 radical (unpaired) electrons. The molecule has 0 fully saturated rings. The van der Waals surface area contributed by atoms with Crippen LogP contribution in [-0.2, 0) is 25.4 Å². The Bertz CT molecular complexity index is 1130. The predicted octanol–water partition coefficient (Wildman–Crippen LogP) is 1.15. The van der Waals surface area contributed by atoms with Crippen molar-refractivity contribution in [2.24, 2.45) is 14.1 Å². The van der Waals surface area contributed by atoms with Crippen LogP contribution in [0.4, 0.5) is 0 Å². The fourth-order valence-electron chi connectivity index (χ4n) is 2.59. The number of aryl methyl sites for hydroxylation is 1. The maximum absolute atomic E-state index is 12.7. The van der Waals surface area contributed by atoms with Gasteiger partial charge < -0.3 is 9.73 Å². The van der Waals surface area contributed by atoms with E-state index in [1.165, 1.54) is 17.9 Å². The molecule has 0 saturated heterocycles. The van der Waals surface area contributed by atoms with Gasteiger partial charge in [0.1, 0.15) is 22.0 Å².